The Morgan fingerprint density at radius 1 is 0.672 bits per heavy atom. The molecule has 58 heavy (non-hydrogen) atoms. The van der Waals surface area contributed by atoms with Gasteiger partial charge in [0.25, 0.3) is 6.33 Å². The summed E-state index contributed by atoms with van der Waals surface area (Å²) in [7, 11) is -5.41. The number of para-hydroxylation sites is 4. The fraction of sp³-hybridized carbons (Fsp3) is 0.0588. The van der Waals surface area contributed by atoms with Gasteiger partial charge < -0.3 is 13.9 Å². The van der Waals surface area contributed by atoms with Gasteiger partial charge in [0, 0.05) is 56.6 Å². The molecule has 0 aliphatic carbocycles. The summed E-state index contributed by atoms with van der Waals surface area (Å²) in [6.45, 7) is -10.1. The molecule has 0 spiro atoms. The monoisotopic (exact) mass is 964 g/mol. The second-order valence-electron chi connectivity index (χ2n) is 13.1. The Morgan fingerprint density at radius 3 is 2.09 bits per heavy atom. The molecule has 0 radical (unpaired) electrons. The van der Waals surface area contributed by atoms with Gasteiger partial charge in [-0.2, -0.15) is 18.2 Å². The molecular formula is C51H38N4OPtSi-2. The molecular weight excluding hydrogens is 908 g/mol. The molecule has 10 aromatic rings. The molecule has 10 rings (SSSR count). The fourth-order valence-electron chi connectivity index (χ4n) is 7.05. The zero-order valence-corrected chi connectivity index (χ0v) is 33.3. The van der Waals surface area contributed by atoms with E-state index in [1.54, 1.807) is 75.9 Å². The summed E-state index contributed by atoms with van der Waals surface area (Å²) in [6.07, 6.45) is 4.52. The molecule has 0 aliphatic rings. The third-order valence-electron chi connectivity index (χ3n) is 9.54. The van der Waals surface area contributed by atoms with Crippen LogP contribution in [0.4, 0.5) is 0 Å². The van der Waals surface area contributed by atoms with Crippen LogP contribution in [-0.4, -0.2) is 22.2 Å². The van der Waals surface area contributed by atoms with E-state index in [1.807, 2.05) is 12.1 Å². The Bertz CT molecular complexity index is 3860. The van der Waals surface area contributed by atoms with Crippen molar-refractivity contribution >= 4 is 46.1 Å². The van der Waals surface area contributed by atoms with E-state index in [0.29, 0.717) is 33.1 Å². The van der Waals surface area contributed by atoms with Gasteiger partial charge in [-0.15, -0.1) is 29.7 Å². The maximum atomic E-state index is 8.99. The van der Waals surface area contributed by atoms with Crippen LogP contribution in [-0.2, 0) is 21.1 Å². The first kappa shape index (κ1) is 21.4. The number of hydrogen-bond donors (Lipinski definition) is 0. The molecule has 0 aliphatic heterocycles. The molecule has 0 fully saturated rings. The summed E-state index contributed by atoms with van der Waals surface area (Å²) >= 11 is 0. The van der Waals surface area contributed by atoms with Crippen molar-refractivity contribution in [1.29, 1.82) is 0 Å². The summed E-state index contributed by atoms with van der Waals surface area (Å²) in [6, 6.07) is 30.3. The summed E-state index contributed by atoms with van der Waals surface area (Å²) in [5.74, 6) is 0.396. The van der Waals surface area contributed by atoms with Gasteiger partial charge in [0.1, 0.15) is 5.82 Å². The second-order valence-corrected chi connectivity index (χ2v) is 15.1. The summed E-state index contributed by atoms with van der Waals surface area (Å²) < 4.78 is 173. The van der Waals surface area contributed by atoms with Crippen molar-refractivity contribution in [3.63, 3.8) is 0 Å². The maximum Gasteiger partial charge on any atom is 0.268 e. The van der Waals surface area contributed by atoms with Crippen molar-refractivity contribution in [1.82, 2.24) is 14.1 Å². The molecule has 0 unspecified atom stereocenters. The van der Waals surface area contributed by atoms with Gasteiger partial charge in [-0.3, -0.25) is 4.57 Å². The molecule has 284 valence electrons. The molecule has 3 heterocycles. The number of aromatic nitrogens is 4. The molecule has 3 aromatic heterocycles. The molecule has 0 bridgehead atoms. The Hall–Kier alpha value is -6.33. The van der Waals surface area contributed by atoms with E-state index in [1.165, 1.54) is 35.0 Å². The third kappa shape index (κ3) is 6.68. The average molecular weight is 965 g/mol. The third-order valence-corrected chi connectivity index (χ3v) is 10.7. The quantitative estimate of drug-likeness (QED) is 0.0864. The second kappa shape index (κ2) is 15.2. The van der Waals surface area contributed by atoms with E-state index < -0.39 is 87.9 Å². The minimum atomic E-state index is -5.41. The van der Waals surface area contributed by atoms with Gasteiger partial charge in [-0.25, -0.2) is 4.98 Å². The van der Waals surface area contributed by atoms with Crippen LogP contribution in [0.2, 0.25) is 19.4 Å². The summed E-state index contributed by atoms with van der Waals surface area (Å²) in [4.78, 5) is 4.51. The molecule has 0 saturated carbocycles. The van der Waals surface area contributed by atoms with Crippen LogP contribution in [0.15, 0.2) is 176 Å². The molecule has 7 aromatic carbocycles. The minimum absolute atomic E-state index is 0. The Morgan fingerprint density at radius 2 is 1.34 bits per heavy atom. The van der Waals surface area contributed by atoms with Crippen LogP contribution in [0, 0.1) is 18.5 Å². The summed E-state index contributed by atoms with van der Waals surface area (Å²) in [5.41, 5.74) is 2.08. The number of imidazole rings is 1. The number of nitrogens with zero attached hydrogens (tertiary/aromatic N) is 4. The van der Waals surface area contributed by atoms with Crippen molar-refractivity contribution in [3.05, 3.63) is 194 Å². The van der Waals surface area contributed by atoms with Gasteiger partial charge in [-0.05, 0) is 51.5 Å². The Labute approximate surface area is 380 Å². The van der Waals surface area contributed by atoms with Crippen molar-refractivity contribution in [2.45, 2.75) is 19.4 Å². The van der Waals surface area contributed by atoms with Crippen molar-refractivity contribution in [3.8, 4) is 50.9 Å². The fourth-order valence-corrected chi connectivity index (χ4v) is 7.72. The smallest absolute Gasteiger partial charge is 0.268 e. The van der Waals surface area contributed by atoms with E-state index in [4.69, 9.17) is 30.8 Å². The molecule has 0 saturated heterocycles. The Balaban J connectivity index is 0.00000722. The summed E-state index contributed by atoms with van der Waals surface area (Å²) in [5, 5.41) is 1.03. The van der Waals surface area contributed by atoms with E-state index in [9.17, 15) is 0 Å². The first-order valence-corrected chi connectivity index (χ1v) is 19.7. The standard InChI is InChI=1S/C51H38N4OSi.Pt/c1-57(2,3)41-30-31-52-50(34-41)55-46-25-11-10-22-44(46)45-29-28-40(33-49(45)55)56-39-21-14-20-38(32-39)53-35-54(48-27-13-12-26-47(48)53)51-42(36-16-6-4-7-17-36)23-15-24-43(51)37-18-8-5-9-19-37;/h4-31,34H,1-3H3;/q-2;/i1D3,2D3,3D3,4D,5D,6D,7D,8D,9D,16D,17D,18D,19D;. The topological polar surface area (TPSA) is 35.9 Å². The number of ether oxygens (including phenoxy) is 1. The number of fused-ring (bicyclic) bond motifs is 4. The first-order valence-electron chi connectivity index (χ1n) is 27.2. The van der Waals surface area contributed by atoms with Crippen LogP contribution in [0.1, 0.15) is 26.0 Å². The number of pyridine rings is 1. The van der Waals surface area contributed by atoms with E-state index in [2.05, 4.69) is 23.4 Å². The van der Waals surface area contributed by atoms with Crippen LogP contribution in [0.5, 0.6) is 11.5 Å². The van der Waals surface area contributed by atoms with Gasteiger partial charge in [-0.1, -0.05) is 151 Å². The number of benzene rings is 7. The largest absolute Gasteiger partial charge is 0.510 e. The number of hydrogen-bond acceptors (Lipinski definition) is 2. The maximum absolute atomic E-state index is 8.99. The van der Waals surface area contributed by atoms with Crippen molar-refractivity contribution in [2.75, 3.05) is 0 Å². The zero-order chi connectivity index (χ0) is 54.7. The van der Waals surface area contributed by atoms with Crippen LogP contribution < -0.4 is 14.5 Å². The SMILES string of the molecule is [2H]c1c([2H])c([2H])c(-c2cccc(-c3c([2H])c([2H])c([2H])c([2H])c3[2H])c2-[n+]2[c-]n(-c3[c-]c(Oc4[c-]c5c(cc4)c4ccccc4n5-c4cc([Si](C([2H])([2H])[2H])(C([2H])([2H])[2H])C([2H])([2H])[2H])ccn4)ccc3)c3ccccc32)c([2H])c1[2H].[Pt]. The minimum Gasteiger partial charge on any atom is -0.510 e. The van der Waals surface area contributed by atoms with Crippen LogP contribution in [0.3, 0.4) is 0 Å². The molecule has 5 nitrogen and oxygen atoms in total. The van der Waals surface area contributed by atoms with Crippen LogP contribution >= 0.6 is 0 Å². The van der Waals surface area contributed by atoms with Gasteiger partial charge in [0.05, 0.1) is 38.5 Å². The van der Waals surface area contributed by atoms with Gasteiger partial charge in [0.2, 0.25) is 0 Å². The zero-order valence-electron chi connectivity index (χ0n) is 49.0. The average Bonchev–Trinajstić information content (AvgIpc) is 4.10. The predicted molar refractivity (Wildman–Crippen MR) is 234 cm³/mol. The Kier molecular flexibility index (Phi) is 5.62. The molecule has 7 heteroatoms. The van der Waals surface area contributed by atoms with E-state index in [-0.39, 0.29) is 71.5 Å². The number of rotatable bonds is 8. The van der Waals surface area contributed by atoms with E-state index >= 15 is 0 Å². The molecule has 0 N–H and O–H groups in total. The van der Waals surface area contributed by atoms with E-state index in [0.717, 1.165) is 11.5 Å². The van der Waals surface area contributed by atoms with Crippen molar-refractivity contribution in [2.24, 2.45) is 0 Å². The molecule has 0 amide bonds. The van der Waals surface area contributed by atoms with Gasteiger partial charge in [0.15, 0.2) is 0 Å². The van der Waals surface area contributed by atoms with Gasteiger partial charge >= 0.3 is 0 Å². The van der Waals surface area contributed by atoms with Crippen LogP contribution in [0.25, 0.3) is 72.3 Å². The first-order chi connectivity index (χ1) is 35.8. The normalized spacial score (nSPS) is 16.9. The van der Waals surface area contributed by atoms with Crippen molar-refractivity contribution < 1.29 is 56.4 Å². The predicted octanol–water partition coefficient (Wildman–Crippen LogP) is 11.5. The molecule has 0 atom stereocenters.